The number of likely N-dealkylation sites (tertiary alicyclic amines) is 1. The maximum absolute atomic E-state index is 5.82. The van der Waals surface area contributed by atoms with Crippen LogP contribution in [0, 0.1) is 0 Å². The zero-order valence-electron chi connectivity index (χ0n) is 12.8. The number of hydrogen-bond acceptors (Lipinski definition) is 2. The second-order valence-electron chi connectivity index (χ2n) is 5.78. The summed E-state index contributed by atoms with van der Waals surface area (Å²) in [7, 11) is 0. The summed E-state index contributed by atoms with van der Waals surface area (Å²) in [5, 5.41) is 0. The van der Waals surface area contributed by atoms with Crippen LogP contribution in [0.1, 0.15) is 19.3 Å². The molecule has 116 valence electrons. The highest BCUT2D eigenvalue weighted by atomic mass is 79.9. The number of halogens is 1. The fourth-order valence-electron chi connectivity index (χ4n) is 2.62. The molecule has 0 saturated carbocycles. The fraction of sp³-hybridized carbons (Fsp3) is 0.368. The van der Waals surface area contributed by atoms with E-state index in [1.807, 2.05) is 0 Å². The third-order valence-electron chi connectivity index (χ3n) is 4.12. The minimum atomic E-state index is 0.811. The van der Waals surface area contributed by atoms with Gasteiger partial charge in [0.25, 0.3) is 0 Å². The highest BCUT2D eigenvalue weighted by Crippen LogP contribution is 2.24. The average molecular weight is 360 g/mol. The fourth-order valence-corrected chi connectivity index (χ4v) is 2.88. The van der Waals surface area contributed by atoms with Crippen LogP contribution in [0.4, 0.5) is 0 Å². The van der Waals surface area contributed by atoms with Crippen LogP contribution in [0.15, 0.2) is 53.0 Å². The lowest BCUT2D eigenvalue weighted by molar-refractivity contribution is 0.173. The van der Waals surface area contributed by atoms with Crippen LogP contribution in [0.25, 0.3) is 11.1 Å². The van der Waals surface area contributed by atoms with Crippen LogP contribution < -0.4 is 4.74 Å². The van der Waals surface area contributed by atoms with Crippen molar-refractivity contribution in [1.82, 2.24) is 4.90 Å². The largest absolute Gasteiger partial charge is 0.494 e. The maximum Gasteiger partial charge on any atom is 0.119 e. The van der Waals surface area contributed by atoms with E-state index in [0.29, 0.717) is 0 Å². The first kappa shape index (κ1) is 15.6. The second kappa shape index (κ2) is 7.80. The van der Waals surface area contributed by atoms with E-state index in [0.717, 1.165) is 23.2 Å². The van der Waals surface area contributed by atoms with Gasteiger partial charge in [-0.05, 0) is 74.3 Å². The van der Waals surface area contributed by atoms with Gasteiger partial charge < -0.3 is 9.64 Å². The summed E-state index contributed by atoms with van der Waals surface area (Å²) in [6.07, 6.45) is 3.74. The number of rotatable bonds is 7. The Morgan fingerprint density at radius 3 is 2.09 bits per heavy atom. The summed E-state index contributed by atoms with van der Waals surface area (Å²) in [6, 6.07) is 16.7. The van der Waals surface area contributed by atoms with Crippen molar-refractivity contribution in [3.8, 4) is 16.9 Å². The molecule has 0 bridgehead atoms. The molecule has 1 aliphatic rings. The summed E-state index contributed by atoms with van der Waals surface area (Å²) >= 11 is 3.46. The highest BCUT2D eigenvalue weighted by Gasteiger charge is 2.11. The van der Waals surface area contributed by atoms with Crippen molar-refractivity contribution in [3.63, 3.8) is 0 Å². The van der Waals surface area contributed by atoms with Gasteiger partial charge >= 0.3 is 0 Å². The number of benzene rings is 2. The van der Waals surface area contributed by atoms with E-state index < -0.39 is 0 Å². The van der Waals surface area contributed by atoms with Crippen molar-refractivity contribution < 1.29 is 4.74 Å². The summed E-state index contributed by atoms with van der Waals surface area (Å²) in [6.45, 7) is 4.62. The molecular formula is C19H22BrNO. The minimum Gasteiger partial charge on any atom is -0.494 e. The predicted molar refractivity (Wildman–Crippen MR) is 95.4 cm³/mol. The molecule has 2 nitrogen and oxygen atoms in total. The second-order valence-corrected chi connectivity index (χ2v) is 6.70. The Balaban J connectivity index is 1.43. The maximum atomic E-state index is 5.82. The molecule has 0 aromatic heterocycles. The number of nitrogens with zero attached hydrogens (tertiary/aromatic N) is 1. The van der Waals surface area contributed by atoms with Gasteiger partial charge in [-0.15, -0.1) is 0 Å². The Hall–Kier alpha value is -1.32. The van der Waals surface area contributed by atoms with Gasteiger partial charge in [0.05, 0.1) is 6.61 Å². The Labute approximate surface area is 141 Å². The Morgan fingerprint density at radius 1 is 0.864 bits per heavy atom. The molecule has 3 heteroatoms. The summed E-state index contributed by atoms with van der Waals surface area (Å²) in [4.78, 5) is 2.51. The predicted octanol–water partition coefficient (Wildman–Crippen LogP) is 4.98. The molecule has 0 unspecified atom stereocenters. The third-order valence-corrected chi connectivity index (χ3v) is 4.65. The van der Waals surface area contributed by atoms with E-state index in [-0.39, 0.29) is 0 Å². The van der Waals surface area contributed by atoms with Crippen molar-refractivity contribution in [3.05, 3.63) is 53.0 Å². The molecule has 0 N–H and O–H groups in total. The van der Waals surface area contributed by atoms with Gasteiger partial charge in [0.15, 0.2) is 0 Å². The van der Waals surface area contributed by atoms with Crippen LogP contribution in [0.2, 0.25) is 0 Å². The monoisotopic (exact) mass is 359 g/mol. The molecule has 0 spiro atoms. The van der Waals surface area contributed by atoms with Crippen molar-refractivity contribution in [2.24, 2.45) is 0 Å². The van der Waals surface area contributed by atoms with Crippen LogP contribution in [0.3, 0.4) is 0 Å². The molecule has 2 aromatic rings. The van der Waals surface area contributed by atoms with Crippen molar-refractivity contribution in [1.29, 1.82) is 0 Å². The van der Waals surface area contributed by atoms with Gasteiger partial charge in [-0.2, -0.15) is 0 Å². The Bertz CT molecular complexity index is 575. The average Bonchev–Trinajstić information content (AvgIpc) is 2.50. The van der Waals surface area contributed by atoms with Crippen molar-refractivity contribution >= 4 is 15.9 Å². The Morgan fingerprint density at radius 2 is 1.50 bits per heavy atom. The van der Waals surface area contributed by atoms with E-state index in [2.05, 4.69) is 69.4 Å². The van der Waals surface area contributed by atoms with Crippen LogP contribution in [-0.4, -0.2) is 31.1 Å². The van der Waals surface area contributed by atoms with Crippen LogP contribution >= 0.6 is 15.9 Å². The molecule has 0 amide bonds. The van der Waals surface area contributed by atoms with E-state index in [1.165, 1.54) is 43.6 Å². The topological polar surface area (TPSA) is 12.5 Å². The summed E-state index contributed by atoms with van der Waals surface area (Å²) in [5.74, 6) is 0.963. The lowest BCUT2D eigenvalue weighted by atomic mass is 10.1. The normalized spacial score (nSPS) is 14.6. The zero-order chi connectivity index (χ0) is 15.2. The van der Waals surface area contributed by atoms with E-state index >= 15 is 0 Å². The van der Waals surface area contributed by atoms with E-state index in [4.69, 9.17) is 4.74 Å². The number of ether oxygens (including phenoxy) is 1. The quantitative estimate of drug-likeness (QED) is 0.646. The first-order valence-electron chi connectivity index (χ1n) is 8.02. The molecule has 1 saturated heterocycles. The van der Waals surface area contributed by atoms with Crippen LogP contribution in [0.5, 0.6) is 5.75 Å². The lowest BCUT2D eigenvalue weighted by Gasteiger charge is -2.30. The minimum absolute atomic E-state index is 0.811. The molecule has 0 aliphatic carbocycles. The Kier molecular flexibility index (Phi) is 5.52. The van der Waals surface area contributed by atoms with E-state index in [9.17, 15) is 0 Å². The van der Waals surface area contributed by atoms with Crippen molar-refractivity contribution in [2.45, 2.75) is 19.3 Å². The van der Waals surface area contributed by atoms with Gasteiger partial charge in [0.2, 0.25) is 0 Å². The molecule has 2 aromatic carbocycles. The standard InChI is InChI=1S/C19H22BrNO/c20-18-8-4-16(5-9-18)17-6-10-19(11-7-17)22-15-2-1-12-21-13-3-14-21/h4-11H,1-3,12-15H2. The van der Waals surface area contributed by atoms with Gasteiger partial charge in [-0.1, -0.05) is 40.2 Å². The molecular weight excluding hydrogens is 338 g/mol. The lowest BCUT2D eigenvalue weighted by Crippen LogP contribution is -2.37. The molecule has 1 aliphatic heterocycles. The molecule has 1 heterocycles. The zero-order valence-corrected chi connectivity index (χ0v) is 14.4. The third kappa shape index (κ3) is 4.34. The van der Waals surface area contributed by atoms with Crippen molar-refractivity contribution in [2.75, 3.05) is 26.2 Å². The molecule has 0 atom stereocenters. The smallest absolute Gasteiger partial charge is 0.119 e. The highest BCUT2D eigenvalue weighted by molar-refractivity contribution is 9.10. The summed E-state index contributed by atoms with van der Waals surface area (Å²) < 4.78 is 6.93. The SMILES string of the molecule is Brc1ccc(-c2ccc(OCCCCN3CCC3)cc2)cc1. The first-order chi connectivity index (χ1) is 10.8. The molecule has 0 radical (unpaired) electrons. The summed E-state index contributed by atoms with van der Waals surface area (Å²) in [5.41, 5.74) is 2.45. The molecule has 3 rings (SSSR count). The number of hydrogen-bond donors (Lipinski definition) is 0. The number of unbranched alkanes of at least 4 members (excludes halogenated alkanes) is 1. The van der Waals surface area contributed by atoms with Gasteiger partial charge in [0.1, 0.15) is 5.75 Å². The van der Waals surface area contributed by atoms with Gasteiger partial charge in [-0.3, -0.25) is 0 Å². The first-order valence-corrected chi connectivity index (χ1v) is 8.82. The molecule has 1 fully saturated rings. The van der Waals surface area contributed by atoms with E-state index in [1.54, 1.807) is 0 Å². The molecule has 22 heavy (non-hydrogen) atoms. The van der Waals surface area contributed by atoms with Crippen LogP contribution in [-0.2, 0) is 0 Å². The van der Waals surface area contributed by atoms with Gasteiger partial charge in [-0.25, -0.2) is 0 Å². The van der Waals surface area contributed by atoms with Gasteiger partial charge in [0, 0.05) is 4.47 Å².